The average molecular weight is 240 g/mol. The summed E-state index contributed by atoms with van der Waals surface area (Å²) in [5, 5.41) is 0. The fourth-order valence-corrected chi connectivity index (χ4v) is 2.93. The lowest BCUT2D eigenvalue weighted by molar-refractivity contribution is 0.465. The van der Waals surface area contributed by atoms with Crippen molar-refractivity contribution in [3.8, 4) is 0 Å². The van der Waals surface area contributed by atoms with Crippen molar-refractivity contribution in [3.05, 3.63) is 53.1 Å². The molecule has 1 aliphatic rings. The van der Waals surface area contributed by atoms with Crippen molar-refractivity contribution in [1.82, 2.24) is 9.55 Å². The molecule has 1 unspecified atom stereocenters. The molecule has 1 aliphatic heterocycles. The molecule has 94 valence electrons. The maximum atomic E-state index is 4.64. The largest absolute Gasteiger partial charge is 0.332 e. The zero-order valence-corrected chi connectivity index (χ0v) is 11.2. The van der Waals surface area contributed by atoms with Gasteiger partial charge in [-0.15, -0.1) is 0 Å². The first-order valence-electron chi connectivity index (χ1n) is 6.84. The minimum Gasteiger partial charge on any atom is -0.332 e. The average Bonchev–Trinajstić information content (AvgIpc) is 2.74. The van der Waals surface area contributed by atoms with Crippen LogP contribution in [0.15, 0.2) is 30.5 Å². The standard InChI is InChI=1S/C16H20N2/c1-12-5-3-7-14(9-12)10-16-17-11-15-13(2)6-4-8-18(15)16/h3,5,7,9,11,13H,4,6,8,10H2,1-2H3. The second-order valence-corrected chi connectivity index (χ2v) is 5.46. The van der Waals surface area contributed by atoms with Crippen LogP contribution in [0.25, 0.3) is 0 Å². The first kappa shape index (κ1) is 11.5. The summed E-state index contributed by atoms with van der Waals surface area (Å²) >= 11 is 0. The predicted molar refractivity (Wildman–Crippen MR) is 73.9 cm³/mol. The highest BCUT2D eigenvalue weighted by molar-refractivity contribution is 5.26. The van der Waals surface area contributed by atoms with Crippen LogP contribution in [0.4, 0.5) is 0 Å². The SMILES string of the molecule is Cc1cccc(Cc2ncc3n2CCCC3C)c1. The molecule has 2 nitrogen and oxygen atoms in total. The molecule has 1 aromatic heterocycles. The van der Waals surface area contributed by atoms with Gasteiger partial charge >= 0.3 is 0 Å². The van der Waals surface area contributed by atoms with E-state index in [1.165, 1.54) is 35.5 Å². The molecule has 0 bridgehead atoms. The van der Waals surface area contributed by atoms with Gasteiger partial charge in [-0.05, 0) is 31.2 Å². The predicted octanol–water partition coefficient (Wildman–Crippen LogP) is 3.68. The van der Waals surface area contributed by atoms with E-state index in [4.69, 9.17) is 0 Å². The van der Waals surface area contributed by atoms with Crippen molar-refractivity contribution < 1.29 is 0 Å². The van der Waals surface area contributed by atoms with Gasteiger partial charge < -0.3 is 4.57 Å². The first-order valence-corrected chi connectivity index (χ1v) is 6.84. The van der Waals surface area contributed by atoms with Crippen LogP contribution in [-0.4, -0.2) is 9.55 Å². The Bertz CT molecular complexity index is 554. The third kappa shape index (κ3) is 2.07. The maximum Gasteiger partial charge on any atom is 0.113 e. The second kappa shape index (κ2) is 4.60. The molecule has 1 atom stereocenters. The van der Waals surface area contributed by atoms with Gasteiger partial charge in [0.25, 0.3) is 0 Å². The monoisotopic (exact) mass is 240 g/mol. The van der Waals surface area contributed by atoms with Crippen LogP contribution in [0.3, 0.4) is 0 Å². The summed E-state index contributed by atoms with van der Waals surface area (Å²) in [6.07, 6.45) is 5.62. The molecule has 1 aromatic carbocycles. The van der Waals surface area contributed by atoms with E-state index < -0.39 is 0 Å². The van der Waals surface area contributed by atoms with Crippen molar-refractivity contribution in [2.24, 2.45) is 0 Å². The van der Waals surface area contributed by atoms with Crippen LogP contribution in [0.2, 0.25) is 0 Å². The smallest absolute Gasteiger partial charge is 0.113 e. The quantitative estimate of drug-likeness (QED) is 0.783. The van der Waals surface area contributed by atoms with E-state index >= 15 is 0 Å². The molecule has 0 amide bonds. The van der Waals surface area contributed by atoms with Gasteiger partial charge in [0.05, 0.1) is 0 Å². The summed E-state index contributed by atoms with van der Waals surface area (Å²) in [6, 6.07) is 8.73. The molecule has 0 N–H and O–H groups in total. The highest BCUT2D eigenvalue weighted by Gasteiger charge is 2.19. The first-order chi connectivity index (χ1) is 8.74. The summed E-state index contributed by atoms with van der Waals surface area (Å²) in [5.41, 5.74) is 4.11. The molecule has 2 heteroatoms. The third-order valence-corrected chi connectivity index (χ3v) is 3.94. The van der Waals surface area contributed by atoms with Gasteiger partial charge in [0.2, 0.25) is 0 Å². The lowest BCUT2D eigenvalue weighted by Crippen LogP contribution is -2.15. The highest BCUT2D eigenvalue weighted by atomic mass is 15.1. The Hall–Kier alpha value is -1.57. The number of imidazole rings is 1. The minimum absolute atomic E-state index is 0.664. The van der Waals surface area contributed by atoms with E-state index in [0.717, 1.165) is 13.0 Å². The Morgan fingerprint density at radius 1 is 1.39 bits per heavy atom. The van der Waals surface area contributed by atoms with Gasteiger partial charge in [0.15, 0.2) is 0 Å². The van der Waals surface area contributed by atoms with Gasteiger partial charge in [0.1, 0.15) is 5.82 Å². The van der Waals surface area contributed by atoms with Crippen LogP contribution in [0.1, 0.15) is 48.3 Å². The van der Waals surface area contributed by atoms with Crippen molar-refractivity contribution in [1.29, 1.82) is 0 Å². The van der Waals surface area contributed by atoms with Crippen LogP contribution < -0.4 is 0 Å². The third-order valence-electron chi connectivity index (χ3n) is 3.94. The number of aromatic nitrogens is 2. The highest BCUT2D eigenvalue weighted by Crippen LogP contribution is 2.28. The number of nitrogens with zero attached hydrogens (tertiary/aromatic N) is 2. The summed E-state index contributed by atoms with van der Waals surface area (Å²) < 4.78 is 2.43. The fourth-order valence-electron chi connectivity index (χ4n) is 2.93. The van der Waals surface area contributed by atoms with Gasteiger partial charge in [-0.3, -0.25) is 0 Å². The summed E-state index contributed by atoms with van der Waals surface area (Å²) in [5.74, 6) is 1.89. The Morgan fingerprint density at radius 2 is 2.28 bits per heavy atom. The maximum absolute atomic E-state index is 4.64. The Balaban J connectivity index is 1.90. The number of hydrogen-bond acceptors (Lipinski definition) is 1. The van der Waals surface area contributed by atoms with Crippen molar-refractivity contribution in [2.45, 2.75) is 45.6 Å². The number of rotatable bonds is 2. The van der Waals surface area contributed by atoms with Crippen LogP contribution >= 0.6 is 0 Å². The van der Waals surface area contributed by atoms with Crippen molar-refractivity contribution >= 4 is 0 Å². The summed E-state index contributed by atoms with van der Waals surface area (Å²) in [4.78, 5) is 4.64. The molecule has 0 fully saturated rings. The van der Waals surface area contributed by atoms with Crippen LogP contribution in [0, 0.1) is 6.92 Å². The second-order valence-electron chi connectivity index (χ2n) is 5.46. The lowest BCUT2D eigenvalue weighted by atomic mass is 9.98. The molecule has 0 spiro atoms. The Morgan fingerprint density at radius 3 is 3.11 bits per heavy atom. The van der Waals surface area contributed by atoms with Crippen LogP contribution in [0.5, 0.6) is 0 Å². The zero-order valence-electron chi connectivity index (χ0n) is 11.2. The molecule has 0 aliphatic carbocycles. The normalized spacial score (nSPS) is 18.7. The van der Waals surface area contributed by atoms with Gasteiger partial charge in [0, 0.05) is 24.9 Å². The zero-order chi connectivity index (χ0) is 12.5. The van der Waals surface area contributed by atoms with Crippen LogP contribution in [-0.2, 0) is 13.0 Å². The molecule has 0 radical (unpaired) electrons. The molecule has 18 heavy (non-hydrogen) atoms. The number of fused-ring (bicyclic) bond motifs is 1. The minimum atomic E-state index is 0.664. The van der Waals surface area contributed by atoms with E-state index in [1.54, 1.807) is 0 Å². The molecule has 0 saturated carbocycles. The van der Waals surface area contributed by atoms with E-state index in [2.05, 4.69) is 53.9 Å². The molecule has 0 saturated heterocycles. The summed E-state index contributed by atoms with van der Waals surface area (Å²) in [7, 11) is 0. The lowest BCUT2D eigenvalue weighted by Gasteiger charge is -2.22. The molecule has 2 heterocycles. The summed E-state index contributed by atoms with van der Waals surface area (Å²) in [6.45, 7) is 5.59. The number of aryl methyl sites for hydroxylation is 1. The van der Waals surface area contributed by atoms with E-state index in [1.807, 2.05) is 0 Å². The fraction of sp³-hybridized carbons (Fsp3) is 0.438. The topological polar surface area (TPSA) is 17.8 Å². The Labute approximate surface area is 109 Å². The Kier molecular flexibility index (Phi) is 2.94. The van der Waals surface area contributed by atoms with Crippen molar-refractivity contribution in [3.63, 3.8) is 0 Å². The van der Waals surface area contributed by atoms with Gasteiger partial charge in [-0.1, -0.05) is 36.8 Å². The number of hydrogen-bond donors (Lipinski definition) is 0. The van der Waals surface area contributed by atoms with Gasteiger partial charge in [-0.25, -0.2) is 4.98 Å². The molecular weight excluding hydrogens is 220 g/mol. The molecule has 2 aromatic rings. The van der Waals surface area contributed by atoms with E-state index in [9.17, 15) is 0 Å². The van der Waals surface area contributed by atoms with Crippen molar-refractivity contribution in [2.75, 3.05) is 0 Å². The van der Waals surface area contributed by atoms with Gasteiger partial charge in [-0.2, -0.15) is 0 Å². The molecular formula is C16H20N2. The van der Waals surface area contributed by atoms with E-state index in [0.29, 0.717) is 5.92 Å². The number of benzene rings is 1. The van der Waals surface area contributed by atoms with E-state index in [-0.39, 0.29) is 0 Å². The molecule has 3 rings (SSSR count).